The topological polar surface area (TPSA) is 52.4 Å². The molecule has 0 unspecified atom stereocenters. The zero-order valence-electron chi connectivity index (χ0n) is 11.9. The van der Waals surface area contributed by atoms with Crippen molar-refractivity contribution in [1.82, 2.24) is 0 Å². The molecular weight excluding hydrogens is 278 g/mol. The third kappa shape index (κ3) is 5.78. The van der Waals surface area contributed by atoms with E-state index in [-0.39, 0.29) is 11.6 Å². The molecule has 0 saturated heterocycles. The molecule has 0 heterocycles. The van der Waals surface area contributed by atoms with Crippen molar-refractivity contribution in [3.63, 3.8) is 0 Å². The van der Waals surface area contributed by atoms with E-state index in [2.05, 4.69) is 6.92 Å². The van der Waals surface area contributed by atoms with E-state index < -0.39 is 4.92 Å². The second kappa shape index (κ2) is 9.59. The molecule has 0 atom stereocenters. The molecule has 0 radical (unpaired) electrons. The van der Waals surface area contributed by atoms with Crippen LogP contribution in [0.25, 0.3) is 0 Å². The van der Waals surface area contributed by atoms with Crippen LogP contribution in [0, 0.1) is 10.1 Å². The smallest absolute Gasteiger partial charge is 0.270 e. The van der Waals surface area contributed by atoms with Gasteiger partial charge in [-0.15, -0.1) is 11.6 Å². The Morgan fingerprint density at radius 3 is 2.55 bits per heavy atom. The molecule has 4 nitrogen and oxygen atoms in total. The SMILES string of the molecule is CCCCCCCCOc1ccc([N+](=O)[O-])cc1CCl. The number of alkyl halides is 1. The number of nitro groups is 1. The number of benzene rings is 1. The van der Waals surface area contributed by atoms with Crippen molar-refractivity contribution in [2.24, 2.45) is 0 Å². The summed E-state index contributed by atoms with van der Waals surface area (Å²) in [5.41, 5.74) is 0.722. The van der Waals surface area contributed by atoms with Gasteiger partial charge in [0.25, 0.3) is 5.69 Å². The Hall–Kier alpha value is -1.29. The molecule has 1 aromatic rings. The number of rotatable bonds is 10. The van der Waals surface area contributed by atoms with E-state index in [1.54, 1.807) is 6.07 Å². The van der Waals surface area contributed by atoms with Gasteiger partial charge >= 0.3 is 0 Å². The fraction of sp³-hybridized carbons (Fsp3) is 0.600. The first kappa shape index (κ1) is 16.8. The molecule has 20 heavy (non-hydrogen) atoms. The van der Waals surface area contributed by atoms with Crippen LogP contribution in [0.5, 0.6) is 5.75 Å². The molecular formula is C15H22ClNO3. The maximum absolute atomic E-state index is 10.7. The third-order valence-corrected chi connectivity index (χ3v) is 3.44. The second-order valence-electron chi connectivity index (χ2n) is 4.80. The minimum absolute atomic E-state index is 0.0487. The van der Waals surface area contributed by atoms with Gasteiger partial charge in [0.05, 0.1) is 17.4 Å². The molecule has 0 saturated carbocycles. The molecule has 0 aliphatic rings. The molecule has 1 rings (SSSR count). The first-order valence-corrected chi connectivity index (χ1v) is 7.68. The van der Waals surface area contributed by atoms with Crippen LogP contribution in [0.15, 0.2) is 18.2 Å². The summed E-state index contributed by atoms with van der Waals surface area (Å²) in [6.07, 6.45) is 7.21. The minimum Gasteiger partial charge on any atom is -0.493 e. The normalized spacial score (nSPS) is 10.5. The van der Waals surface area contributed by atoms with Crippen molar-refractivity contribution in [2.75, 3.05) is 6.61 Å². The maximum Gasteiger partial charge on any atom is 0.270 e. The Morgan fingerprint density at radius 1 is 1.20 bits per heavy atom. The van der Waals surface area contributed by atoms with Crippen LogP contribution in [0.1, 0.15) is 51.0 Å². The highest BCUT2D eigenvalue weighted by molar-refractivity contribution is 6.17. The first-order chi connectivity index (χ1) is 9.69. The lowest BCUT2D eigenvalue weighted by atomic mass is 10.1. The van der Waals surface area contributed by atoms with Crippen molar-refractivity contribution in [2.45, 2.75) is 51.3 Å². The lowest BCUT2D eigenvalue weighted by molar-refractivity contribution is -0.384. The molecule has 0 spiro atoms. The molecule has 0 fully saturated rings. The van der Waals surface area contributed by atoms with E-state index in [1.165, 1.54) is 37.8 Å². The Morgan fingerprint density at radius 2 is 1.90 bits per heavy atom. The lowest BCUT2D eigenvalue weighted by Gasteiger charge is -2.09. The van der Waals surface area contributed by atoms with Gasteiger partial charge in [-0.25, -0.2) is 0 Å². The molecule has 0 aliphatic carbocycles. The maximum atomic E-state index is 10.7. The Balaban J connectivity index is 2.38. The third-order valence-electron chi connectivity index (χ3n) is 3.15. The van der Waals surface area contributed by atoms with Crippen LogP contribution < -0.4 is 4.74 Å². The largest absolute Gasteiger partial charge is 0.493 e. The van der Waals surface area contributed by atoms with E-state index in [9.17, 15) is 10.1 Å². The zero-order valence-corrected chi connectivity index (χ0v) is 12.7. The van der Waals surface area contributed by atoms with Crippen molar-refractivity contribution in [3.8, 4) is 5.75 Å². The minimum atomic E-state index is -0.423. The number of unbranched alkanes of at least 4 members (excludes halogenated alkanes) is 5. The molecule has 0 amide bonds. The van der Waals surface area contributed by atoms with Gasteiger partial charge in [0.1, 0.15) is 5.75 Å². The zero-order chi connectivity index (χ0) is 14.8. The molecule has 1 aromatic carbocycles. The number of non-ortho nitro benzene ring substituents is 1. The fourth-order valence-electron chi connectivity index (χ4n) is 1.99. The van der Waals surface area contributed by atoms with E-state index >= 15 is 0 Å². The summed E-state index contributed by atoms with van der Waals surface area (Å²) in [6.45, 7) is 2.83. The van der Waals surface area contributed by atoms with E-state index in [0.717, 1.165) is 12.8 Å². The van der Waals surface area contributed by atoms with Crippen molar-refractivity contribution >= 4 is 17.3 Å². The van der Waals surface area contributed by atoms with Gasteiger partial charge in [-0.2, -0.15) is 0 Å². The number of ether oxygens (including phenoxy) is 1. The summed E-state index contributed by atoms with van der Waals surface area (Å²) in [6, 6.07) is 4.56. The van der Waals surface area contributed by atoms with Crippen LogP contribution in [0.3, 0.4) is 0 Å². The van der Waals surface area contributed by atoms with Crippen LogP contribution in [0.4, 0.5) is 5.69 Å². The summed E-state index contributed by atoms with van der Waals surface area (Å²) in [5, 5.41) is 10.7. The van der Waals surface area contributed by atoms with Gasteiger partial charge in [-0.1, -0.05) is 39.0 Å². The van der Waals surface area contributed by atoms with Gasteiger partial charge in [0.15, 0.2) is 0 Å². The number of nitrogens with zero attached hydrogens (tertiary/aromatic N) is 1. The molecule has 0 bridgehead atoms. The fourth-order valence-corrected chi connectivity index (χ4v) is 2.20. The highest BCUT2D eigenvalue weighted by Gasteiger charge is 2.10. The van der Waals surface area contributed by atoms with Crippen molar-refractivity contribution in [1.29, 1.82) is 0 Å². The van der Waals surface area contributed by atoms with Crippen molar-refractivity contribution < 1.29 is 9.66 Å². The number of hydrogen-bond donors (Lipinski definition) is 0. The van der Waals surface area contributed by atoms with Gasteiger partial charge in [0, 0.05) is 17.7 Å². The van der Waals surface area contributed by atoms with Crippen molar-refractivity contribution in [3.05, 3.63) is 33.9 Å². The summed E-state index contributed by atoms with van der Waals surface area (Å²) >= 11 is 5.80. The van der Waals surface area contributed by atoms with E-state index in [0.29, 0.717) is 17.9 Å². The molecule has 0 N–H and O–H groups in total. The predicted molar refractivity (Wildman–Crippen MR) is 81.5 cm³/mol. The summed E-state index contributed by atoms with van der Waals surface area (Å²) in [5.74, 6) is 0.868. The highest BCUT2D eigenvalue weighted by Crippen LogP contribution is 2.25. The first-order valence-electron chi connectivity index (χ1n) is 7.15. The Kier molecular flexibility index (Phi) is 8.04. The van der Waals surface area contributed by atoms with Gasteiger partial charge in [-0.05, 0) is 12.5 Å². The Bertz CT molecular complexity index is 424. The quantitative estimate of drug-likeness (QED) is 0.262. The predicted octanol–water partition coefficient (Wildman–Crippen LogP) is 5.07. The second-order valence-corrected chi connectivity index (χ2v) is 5.07. The van der Waals surface area contributed by atoms with Crippen LogP contribution >= 0.6 is 11.6 Å². The molecule has 0 aliphatic heterocycles. The molecule has 112 valence electrons. The summed E-state index contributed by atoms with van der Waals surface area (Å²) < 4.78 is 5.66. The summed E-state index contributed by atoms with van der Waals surface area (Å²) in [4.78, 5) is 10.3. The average molecular weight is 300 g/mol. The molecule has 5 heteroatoms. The van der Waals surface area contributed by atoms with Crippen LogP contribution in [-0.2, 0) is 5.88 Å². The van der Waals surface area contributed by atoms with Crippen LogP contribution in [-0.4, -0.2) is 11.5 Å². The van der Waals surface area contributed by atoms with Crippen LogP contribution in [0.2, 0.25) is 0 Å². The molecule has 0 aromatic heterocycles. The Labute approximate surface area is 125 Å². The number of nitro benzene ring substituents is 1. The average Bonchev–Trinajstić information content (AvgIpc) is 2.46. The van der Waals surface area contributed by atoms with Gasteiger partial charge in [-0.3, -0.25) is 10.1 Å². The standard InChI is InChI=1S/C15H22ClNO3/c1-2-3-4-5-6-7-10-20-15-9-8-14(17(18)19)11-13(15)12-16/h8-9,11H,2-7,10,12H2,1H3. The van der Waals surface area contributed by atoms with E-state index in [1.807, 2.05) is 0 Å². The lowest BCUT2D eigenvalue weighted by Crippen LogP contribution is -2.00. The summed E-state index contributed by atoms with van der Waals surface area (Å²) in [7, 11) is 0. The van der Waals surface area contributed by atoms with E-state index in [4.69, 9.17) is 16.3 Å². The van der Waals surface area contributed by atoms with Gasteiger partial charge < -0.3 is 4.74 Å². The monoisotopic (exact) mass is 299 g/mol. The number of halogens is 1. The number of hydrogen-bond acceptors (Lipinski definition) is 3. The highest BCUT2D eigenvalue weighted by atomic mass is 35.5. The van der Waals surface area contributed by atoms with Gasteiger partial charge in [0.2, 0.25) is 0 Å².